The van der Waals surface area contributed by atoms with E-state index in [2.05, 4.69) is 29.5 Å². The lowest BCUT2D eigenvalue weighted by Crippen LogP contribution is -2.10. The average Bonchev–Trinajstić information content (AvgIpc) is 2.73. The fourth-order valence-corrected chi connectivity index (χ4v) is 2.71. The van der Waals surface area contributed by atoms with Crippen molar-refractivity contribution < 1.29 is 4.74 Å². The zero-order valence-corrected chi connectivity index (χ0v) is 13.8. The van der Waals surface area contributed by atoms with Gasteiger partial charge in [0.2, 0.25) is 0 Å². The monoisotopic (exact) mass is 307 g/mol. The number of rotatable bonds is 6. The fourth-order valence-electron chi connectivity index (χ4n) is 2.37. The molecule has 0 saturated heterocycles. The van der Waals surface area contributed by atoms with E-state index < -0.39 is 0 Å². The Balaban J connectivity index is 2.22. The van der Waals surface area contributed by atoms with Crippen molar-refractivity contribution in [2.45, 2.75) is 33.4 Å². The molecule has 0 amide bonds. The Morgan fingerprint density at radius 3 is 2.76 bits per heavy atom. The number of hydrogen-bond acceptors (Lipinski definition) is 3. The van der Waals surface area contributed by atoms with Crippen molar-refractivity contribution >= 4 is 11.6 Å². The van der Waals surface area contributed by atoms with Gasteiger partial charge in [-0.1, -0.05) is 36.7 Å². The molecule has 0 radical (unpaired) electrons. The number of nitrogens with one attached hydrogen (secondary N) is 1. The number of ether oxygens (including phenoxy) is 1. The second-order valence-corrected chi connectivity index (χ2v) is 5.44. The molecular formula is C16H22ClN3O. The summed E-state index contributed by atoms with van der Waals surface area (Å²) in [5.74, 6) is 0.919. The third kappa shape index (κ3) is 3.39. The van der Waals surface area contributed by atoms with Crippen LogP contribution in [0.5, 0.6) is 5.75 Å². The third-order valence-electron chi connectivity index (χ3n) is 3.52. The van der Waals surface area contributed by atoms with Gasteiger partial charge in [0, 0.05) is 19.2 Å². The number of hydrogen-bond donors (Lipinski definition) is 1. The molecule has 5 heteroatoms. The molecule has 2 aromatic rings. The predicted octanol–water partition coefficient (Wildman–Crippen LogP) is 3.24. The standard InChI is InChI=1S/C16H22ClN3O/c1-5-13-15(17)14(20(4)19-13)10-21-16-11(2)7-6-8-12(16)9-18-3/h6-8,18H,5,9-10H2,1-4H3. The molecule has 1 N–H and O–H groups in total. The number of para-hydroxylation sites is 1. The molecule has 114 valence electrons. The second-order valence-electron chi connectivity index (χ2n) is 5.07. The molecule has 21 heavy (non-hydrogen) atoms. The van der Waals surface area contributed by atoms with Crippen molar-refractivity contribution in [3.05, 3.63) is 45.7 Å². The van der Waals surface area contributed by atoms with Gasteiger partial charge >= 0.3 is 0 Å². The van der Waals surface area contributed by atoms with Gasteiger partial charge in [-0.3, -0.25) is 4.68 Å². The number of benzene rings is 1. The second kappa shape index (κ2) is 6.96. The summed E-state index contributed by atoms with van der Waals surface area (Å²) in [6.45, 7) is 5.29. The summed E-state index contributed by atoms with van der Waals surface area (Å²) in [7, 11) is 3.83. The summed E-state index contributed by atoms with van der Waals surface area (Å²) in [6, 6.07) is 6.17. The van der Waals surface area contributed by atoms with Crippen LogP contribution in [0.15, 0.2) is 18.2 Å². The molecule has 1 aromatic carbocycles. The molecule has 0 bridgehead atoms. The summed E-state index contributed by atoms with van der Waals surface area (Å²) < 4.78 is 7.84. The van der Waals surface area contributed by atoms with Crippen LogP contribution in [-0.2, 0) is 26.6 Å². The van der Waals surface area contributed by atoms with Crippen molar-refractivity contribution in [1.82, 2.24) is 15.1 Å². The van der Waals surface area contributed by atoms with Crippen LogP contribution in [0.3, 0.4) is 0 Å². The van der Waals surface area contributed by atoms with E-state index in [0.717, 1.165) is 41.2 Å². The van der Waals surface area contributed by atoms with Gasteiger partial charge in [-0.15, -0.1) is 0 Å². The highest BCUT2D eigenvalue weighted by Gasteiger charge is 2.15. The molecule has 1 heterocycles. The van der Waals surface area contributed by atoms with Gasteiger partial charge < -0.3 is 10.1 Å². The molecule has 0 aliphatic heterocycles. The van der Waals surface area contributed by atoms with Crippen LogP contribution in [0, 0.1) is 6.92 Å². The van der Waals surface area contributed by atoms with Crippen LogP contribution in [0.2, 0.25) is 5.02 Å². The molecule has 1 aromatic heterocycles. The van der Waals surface area contributed by atoms with Gasteiger partial charge in [0.15, 0.2) is 0 Å². The summed E-state index contributed by atoms with van der Waals surface area (Å²) in [6.07, 6.45) is 0.821. The maximum Gasteiger partial charge on any atom is 0.131 e. The minimum Gasteiger partial charge on any atom is -0.487 e. The maximum absolute atomic E-state index is 6.36. The van der Waals surface area contributed by atoms with E-state index in [-0.39, 0.29) is 0 Å². The van der Waals surface area contributed by atoms with Gasteiger partial charge in [0.05, 0.1) is 16.4 Å². The van der Waals surface area contributed by atoms with Crippen molar-refractivity contribution in [3.8, 4) is 5.75 Å². The third-order valence-corrected chi connectivity index (χ3v) is 3.95. The fraction of sp³-hybridized carbons (Fsp3) is 0.438. The zero-order chi connectivity index (χ0) is 15.4. The lowest BCUT2D eigenvalue weighted by atomic mass is 10.1. The van der Waals surface area contributed by atoms with Gasteiger partial charge in [-0.05, 0) is 26.0 Å². The molecule has 0 atom stereocenters. The Morgan fingerprint density at radius 1 is 1.38 bits per heavy atom. The minimum atomic E-state index is 0.421. The summed E-state index contributed by atoms with van der Waals surface area (Å²) >= 11 is 6.36. The first kappa shape index (κ1) is 15.9. The number of aromatic nitrogens is 2. The first-order chi connectivity index (χ1) is 10.1. The lowest BCUT2D eigenvalue weighted by Gasteiger charge is -2.14. The van der Waals surface area contributed by atoms with E-state index in [0.29, 0.717) is 11.6 Å². The first-order valence-electron chi connectivity index (χ1n) is 7.14. The molecule has 0 aliphatic carbocycles. The maximum atomic E-state index is 6.36. The normalized spacial score (nSPS) is 10.9. The van der Waals surface area contributed by atoms with E-state index >= 15 is 0 Å². The van der Waals surface area contributed by atoms with Crippen LogP contribution in [-0.4, -0.2) is 16.8 Å². The van der Waals surface area contributed by atoms with Crippen molar-refractivity contribution in [2.24, 2.45) is 7.05 Å². The quantitative estimate of drug-likeness (QED) is 0.890. The highest BCUT2D eigenvalue weighted by molar-refractivity contribution is 6.31. The van der Waals surface area contributed by atoms with E-state index in [1.807, 2.05) is 27.1 Å². The topological polar surface area (TPSA) is 39.1 Å². The Labute approximate surface area is 131 Å². The number of aryl methyl sites for hydroxylation is 3. The summed E-state index contributed by atoms with van der Waals surface area (Å²) in [5, 5.41) is 8.29. The van der Waals surface area contributed by atoms with Crippen molar-refractivity contribution in [2.75, 3.05) is 7.05 Å². The molecule has 0 aliphatic rings. The molecule has 0 unspecified atom stereocenters. The van der Waals surface area contributed by atoms with Crippen LogP contribution >= 0.6 is 11.6 Å². The Kier molecular flexibility index (Phi) is 5.26. The smallest absolute Gasteiger partial charge is 0.131 e. The SMILES string of the molecule is CCc1nn(C)c(COc2c(C)cccc2CNC)c1Cl. The van der Waals surface area contributed by atoms with E-state index in [1.165, 1.54) is 0 Å². The Morgan fingerprint density at radius 2 is 2.14 bits per heavy atom. The average molecular weight is 308 g/mol. The Bertz CT molecular complexity index is 622. The molecule has 0 spiro atoms. The van der Waals surface area contributed by atoms with Gasteiger partial charge in [0.1, 0.15) is 12.4 Å². The van der Waals surface area contributed by atoms with Gasteiger partial charge in [0.25, 0.3) is 0 Å². The van der Waals surface area contributed by atoms with Crippen molar-refractivity contribution in [1.29, 1.82) is 0 Å². The van der Waals surface area contributed by atoms with E-state index in [4.69, 9.17) is 16.3 Å². The summed E-state index contributed by atoms with van der Waals surface area (Å²) in [5.41, 5.74) is 4.09. The number of halogens is 1. The molecule has 0 saturated carbocycles. The summed E-state index contributed by atoms with van der Waals surface area (Å²) in [4.78, 5) is 0. The molecule has 2 rings (SSSR count). The van der Waals surface area contributed by atoms with Crippen molar-refractivity contribution in [3.63, 3.8) is 0 Å². The minimum absolute atomic E-state index is 0.421. The first-order valence-corrected chi connectivity index (χ1v) is 7.52. The van der Waals surface area contributed by atoms with Crippen LogP contribution < -0.4 is 10.1 Å². The largest absolute Gasteiger partial charge is 0.487 e. The lowest BCUT2D eigenvalue weighted by molar-refractivity contribution is 0.289. The zero-order valence-electron chi connectivity index (χ0n) is 13.0. The highest BCUT2D eigenvalue weighted by atomic mass is 35.5. The van der Waals surface area contributed by atoms with E-state index in [1.54, 1.807) is 4.68 Å². The molecular weight excluding hydrogens is 286 g/mol. The van der Waals surface area contributed by atoms with Crippen LogP contribution in [0.1, 0.15) is 29.4 Å². The van der Waals surface area contributed by atoms with E-state index in [9.17, 15) is 0 Å². The number of nitrogens with zero attached hydrogens (tertiary/aromatic N) is 2. The Hall–Kier alpha value is -1.52. The van der Waals surface area contributed by atoms with Gasteiger partial charge in [-0.2, -0.15) is 5.10 Å². The van der Waals surface area contributed by atoms with Crippen LogP contribution in [0.4, 0.5) is 0 Å². The molecule has 4 nitrogen and oxygen atoms in total. The van der Waals surface area contributed by atoms with Gasteiger partial charge in [-0.25, -0.2) is 0 Å². The van der Waals surface area contributed by atoms with Crippen LogP contribution in [0.25, 0.3) is 0 Å². The highest BCUT2D eigenvalue weighted by Crippen LogP contribution is 2.27. The molecule has 0 fully saturated rings. The predicted molar refractivity (Wildman–Crippen MR) is 85.9 cm³/mol.